The first-order valence-corrected chi connectivity index (χ1v) is 7.57. The molecule has 21 heavy (non-hydrogen) atoms. The highest BCUT2D eigenvalue weighted by Crippen LogP contribution is 2.20. The number of H-pyrrole nitrogens is 1. The Balaban J connectivity index is 1.82. The van der Waals surface area contributed by atoms with Gasteiger partial charge in [-0.15, -0.1) is 0 Å². The fourth-order valence-corrected chi connectivity index (χ4v) is 2.64. The minimum Gasteiger partial charge on any atom is -0.349 e. The fraction of sp³-hybridized carbons (Fsp3) is 0.667. The van der Waals surface area contributed by atoms with Crippen molar-refractivity contribution in [3.63, 3.8) is 0 Å². The molecule has 1 unspecified atom stereocenters. The van der Waals surface area contributed by atoms with E-state index >= 15 is 0 Å². The van der Waals surface area contributed by atoms with Gasteiger partial charge in [0.25, 0.3) is 0 Å². The van der Waals surface area contributed by atoms with Gasteiger partial charge in [-0.1, -0.05) is 13.8 Å². The third-order valence-electron chi connectivity index (χ3n) is 4.05. The summed E-state index contributed by atoms with van der Waals surface area (Å²) in [4.78, 5) is 26.1. The first-order valence-electron chi connectivity index (χ1n) is 7.57. The Bertz CT molecular complexity index is 476. The van der Waals surface area contributed by atoms with Crippen molar-refractivity contribution in [2.24, 2.45) is 11.8 Å². The Morgan fingerprint density at radius 3 is 2.52 bits per heavy atom. The Hall–Kier alpha value is -1.85. The summed E-state index contributed by atoms with van der Waals surface area (Å²) in [5.74, 6) is 0.271. The molecular formula is C15H24N4O2. The number of amides is 2. The van der Waals surface area contributed by atoms with Crippen molar-refractivity contribution >= 4 is 11.8 Å². The number of rotatable bonds is 4. The van der Waals surface area contributed by atoms with Crippen LogP contribution in [0.4, 0.5) is 0 Å². The number of hydrogen-bond acceptors (Lipinski definition) is 3. The van der Waals surface area contributed by atoms with Crippen LogP contribution in [-0.2, 0) is 9.59 Å². The lowest BCUT2D eigenvalue weighted by molar-refractivity contribution is -0.138. The van der Waals surface area contributed by atoms with Crippen LogP contribution >= 0.6 is 0 Å². The molecule has 0 radical (unpaired) electrons. The van der Waals surface area contributed by atoms with Crippen LogP contribution in [-0.4, -0.2) is 40.0 Å². The summed E-state index contributed by atoms with van der Waals surface area (Å²) in [5.41, 5.74) is 0.968. The lowest BCUT2D eigenvalue weighted by Crippen LogP contribution is -2.44. The first-order chi connectivity index (χ1) is 9.99. The smallest absolute Gasteiger partial charge is 0.225 e. The summed E-state index contributed by atoms with van der Waals surface area (Å²) in [6.07, 6.45) is 4.98. The van der Waals surface area contributed by atoms with Crippen molar-refractivity contribution in [2.75, 3.05) is 13.1 Å². The molecule has 6 heteroatoms. The molecule has 116 valence electrons. The molecule has 2 N–H and O–H groups in total. The molecule has 1 aromatic heterocycles. The largest absolute Gasteiger partial charge is 0.349 e. The quantitative estimate of drug-likeness (QED) is 0.882. The van der Waals surface area contributed by atoms with Crippen LogP contribution in [0, 0.1) is 11.8 Å². The van der Waals surface area contributed by atoms with Gasteiger partial charge in [0.05, 0.1) is 12.2 Å². The number of aromatic amines is 1. The van der Waals surface area contributed by atoms with E-state index < -0.39 is 0 Å². The summed E-state index contributed by atoms with van der Waals surface area (Å²) in [7, 11) is 0. The zero-order valence-corrected chi connectivity index (χ0v) is 12.9. The van der Waals surface area contributed by atoms with E-state index in [0.717, 1.165) is 18.4 Å². The normalized spacial score (nSPS) is 17.8. The van der Waals surface area contributed by atoms with Crippen molar-refractivity contribution in [3.05, 3.63) is 18.0 Å². The second kappa shape index (κ2) is 6.74. The molecule has 1 aliphatic rings. The Labute approximate surface area is 125 Å². The minimum atomic E-state index is -0.0495. The monoisotopic (exact) mass is 292 g/mol. The van der Waals surface area contributed by atoms with E-state index in [0.29, 0.717) is 13.1 Å². The van der Waals surface area contributed by atoms with E-state index in [4.69, 9.17) is 0 Å². The van der Waals surface area contributed by atoms with Crippen molar-refractivity contribution in [1.29, 1.82) is 0 Å². The van der Waals surface area contributed by atoms with Crippen molar-refractivity contribution in [1.82, 2.24) is 20.4 Å². The molecule has 6 nitrogen and oxygen atoms in total. The number of carbonyl (C=O) groups is 2. The molecule has 1 saturated heterocycles. The maximum Gasteiger partial charge on any atom is 0.225 e. The Kier molecular flexibility index (Phi) is 4.98. The highest BCUT2D eigenvalue weighted by atomic mass is 16.2. The van der Waals surface area contributed by atoms with Crippen molar-refractivity contribution < 1.29 is 9.59 Å². The number of piperidine rings is 1. The van der Waals surface area contributed by atoms with E-state index in [1.54, 1.807) is 12.4 Å². The molecule has 2 rings (SSSR count). The number of likely N-dealkylation sites (tertiary alicyclic amines) is 1. The fourth-order valence-electron chi connectivity index (χ4n) is 2.64. The first kappa shape index (κ1) is 15.5. The molecule has 1 aromatic rings. The van der Waals surface area contributed by atoms with Gasteiger partial charge in [-0.05, 0) is 19.8 Å². The highest BCUT2D eigenvalue weighted by Gasteiger charge is 2.28. The maximum absolute atomic E-state index is 12.3. The molecule has 0 bridgehead atoms. The zero-order valence-electron chi connectivity index (χ0n) is 12.9. The molecule has 2 heterocycles. The van der Waals surface area contributed by atoms with Crippen LogP contribution in [0.25, 0.3) is 0 Å². The molecule has 2 amide bonds. The van der Waals surface area contributed by atoms with Gasteiger partial charge in [-0.3, -0.25) is 14.7 Å². The van der Waals surface area contributed by atoms with Crippen LogP contribution < -0.4 is 5.32 Å². The molecule has 0 aliphatic carbocycles. The predicted molar refractivity (Wildman–Crippen MR) is 79.3 cm³/mol. The van der Waals surface area contributed by atoms with Crippen LogP contribution in [0.5, 0.6) is 0 Å². The van der Waals surface area contributed by atoms with Crippen LogP contribution in [0.2, 0.25) is 0 Å². The van der Waals surface area contributed by atoms with Gasteiger partial charge in [0.15, 0.2) is 0 Å². The van der Waals surface area contributed by atoms with E-state index in [1.807, 2.05) is 25.7 Å². The average molecular weight is 292 g/mol. The number of nitrogens with zero attached hydrogens (tertiary/aromatic N) is 2. The van der Waals surface area contributed by atoms with Crippen LogP contribution in [0.3, 0.4) is 0 Å². The number of carbonyl (C=O) groups excluding carboxylic acids is 2. The molecular weight excluding hydrogens is 268 g/mol. The Morgan fingerprint density at radius 2 is 2.00 bits per heavy atom. The number of hydrogen-bond donors (Lipinski definition) is 2. The summed E-state index contributed by atoms with van der Waals surface area (Å²) in [6, 6.07) is -0.0495. The summed E-state index contributed by atoms with van der Waals surface area (Å²) < 4.78 is 0. The van der Waals surface area contributed by atoms with Crippen molar-refractivity contribution in [3.8, 4) is 0 Å². The zero-order chi connectivity index (χ0) is 15.4. The predicted octanol–water partition coefficient (Wildman–Crippen LogP) is 1.48. The van der Waals surface area contributed by atoms with Gasteiger partial charge in [0.2, 0.25) is 11.8 Å². The third kappa shape index (κ3) is 3.83. The van der Waals surface area contributed by atoms with E-state index in [-0.39, 0.29) is 29.7 Å². The molecule has 1 atom stereocenters. The van der Waals surface area contributed by atoms with Gasteiger partial charge in [-0.25, -0.2) is 0 Å². The molecule has 0 spiro atoms. The van der Waals surface area contributed by atoms with Gasteiger partial charge in [-0.2, -0.15) is 5.10 Å². The van der Waals surface area contributed by atoms with Crippen LogP contribution in [0.15, 0.2) is 12.4 Å². The summed E-state index contributed by atoms with van der Waals surface area (Å²) in [6.45, 7) is 7.12. The maximum atomic E-state index is 12.3. The molecule has 0 saturated carbocycles. The van der Waals surface area contributed by atoms with E-state index in [2.05, 4.69) is 15.5 Å². The molecule has 1 aliphatic heterocycles. The summed E-state index contributed by atoms with van der Waals surface area (Å²) in [5, 5.41) is 9.65. The van der Waals surface area contributed by atoms with Gasteiger partial charge in [0.1, 0.15) is 0 Å². The second-order valence-corrected chi connectivity index (χ2v) is 6.02. The van der Waals surface area contributed by atoms with Gasteiger partial charge >= 0.3 is 0 Å². The van der Waals surface area contributed by atoms with E-state index in [1.165, 1.54) is 0 Å². The lowest BCUT2D eigenvalue weighted by Gasteiger charge is -2.32. The lowest BCUT2D eigenvalue weighted by atomic mass is 9.94. The highest BCUT2D eigenvalue weighted by molar-refractivity contribution is 5.81. The molecule has 1 fully saturated rings. The van der Waals surface area contributed by atoms with Crippen molar-refractivity contribution in [2.45, 2.75) is 39.7 Å². The van der Waals surface area contributed by atoms with Gasteiger partial charge in [0, 0.05) is 36.7 Å². The number of nitrogens with one attached hydrogen (secondary N) is 2. The Morgan fingerprint density at radius 1 is 1.33 bits per heavy atom. The standard InChI is InChI=1S/C15H24N4O2/c1-10(2)15(21)19-6-4-12(5-7-19)14(20)18-11(3)13-8-16-17-9-13/h8-12H,4-7H2,1-3H3,(H,16,17)(H,18,20). The minimum absolute atomic E-state index is 0.00411. The summed E-state index contributed by atoms with van der Waals surface area (Å²) >= 11 is 0. The van der Waals surface area contributed by atoms with Gasteiger partial charge < -0.3 is 10.2 Å². The average Bonchev–Trinajstić information content (AvgIpc) is 3.00. The second-order valence-electron chi connectivity index (χ2n) is 6.02. The molecule has 0 aromatic carbocycles. The van der Waals surface area contributed by atoms with E-state index in [9.17, 15) is 9.59 Å². The third-order valence-corrected chi connectivity index (χ3v) is 4.05. The van der Waals surface area contributed by atoms with Crippen LogP contribution in [0.1, 0.15) is 45.2 Å². The SMILES string of the molecule is CC(C)C(=O)N1CCC(C(=O)NC(C)c2cn[nH]c2)CC1. The number of aromatic nitrogens is 2. The topological polar surface area (TPSA) is 78.1 Å².